The highest BCUT2D eigenvalue weighted by molar-refractivity contribution is 5.81. The molecule has 18 heavy (non-hydrogen) atoms. The Morgan fingerprint density at radius 3 is 2.56 bits per heavy atom. The number of urea groups is 1. The van der Waals surface area contributed by atoms with Crippen molar-refractivity contribution in [3.05, 3.63) is 0 Å². The molecule has 0 saturated carbocycles. The molecule has 0 bridgehead atoms. The second-order valence-electron chi connectivity index (χ2n) is 4.26. The molecule has 1 aliphatic rings. The van der Waals surface area contributed by atoms with Crippen LogP contribution < -0.4 is 5.32 Å². The van der Waals surface area contributed by atoms with Gasteiger partial charge in [0.1, 0.15) is 6.54 Å². The van der Waals surface area contributed by atoms with E-state index in [1.54, 1.807) is 13.8 Å². The number of aliphatic carboxylic acids is 1. The standard InChI is InChI=1S/C11H18N2O5/c1-3-18-9(14)4-12-11(17)13-5-8(6-13)7(2)10(15)16/h7-8H,3-6H2,1-2H3,(H,12,17)(H,15,16). The van der Waals surface area contributed by atoms with Crippen LogP contribution in [0.3, 0.4) is 0 Å². The van der Waals surface area contributed by atoms with Gasteiger partial charge in [0.05, 0.1) is 12.5 Å². The highest BCUT2D eigenvalue weighted by Crippen LogP contribution is 2.23. The molecule has 1 heterocycles. The lowest BCUT2D eigenvalue weighted by Gasteiger charge is -2.40. The second kappa shape index (κ2) is 6.23. The lowest BCUT2D eigenvalue weighted by molar-refractivity contribution is -0.144. The summed E-state index contributed by atoms with van der Waals surface area (Å²) < 4.78 is 4.66. The maximum Gasteiger partial charge on any atom is 0.325 e. The average molecular weight is 258 g/mol. The first kappa shape index (κ1) is 14.3. The molecular weight excluding hydrogens is 240 g/mol. The highest BCUT2D eigenvalue weighted by Gasteiger charge is 2.37. The summed E-state index contributed by atoms with van der Waals surface area (Å²) in [6, 6.07) is -0.364. The van der Waals surface area contributed by atoms with Crippen LogP contribution in [0, 0.1) is 11.8 Å². The van der Waals surface area contributed by atoms with Crippen molar-refractivity contribution in [2.75, 3.05) is 26.2 Å². The lowest BCUT2D eigenvalue weighted by Crippen LogP contribution is -2.57. The van der Waals surface area contributed by atoms with Gasteiger partial charge in [-0.05, 0) is 6.92 Å². The molecular formula is C11H18N2O5. The van der Waals surface area contributed by atoms with Crippen LogP contribution in [0.1, 0.15) is 13.8 Å². The summed E-state index contributed by atoms with van der Waals surface area (Å²) >= 11 is 0. The average Bonchev–Trinajstić information content (AvgIpc) is 2.24. The van der Waals surface area contributed by atoms with Crippen LogP contribution in [-0.2, 0) is 14.3 Å². The Kier molecular flexibility index (Phi) is 4.94. The molecule has 1 rings (SSSR count). The van der Waals surface area contributed by atoms with Gasteiger partial charge < -0.3 is 20.1 Å². The first-order valence-electron chi connectivity index (χ1n) is 5.86. The summed E-state index contributed by atoms with van der Waals surface area (Å²) in [5.41, 5.74) is 0. The largest absolute Gasteiger partial charge is 0.481 e. The van der Waals surface area contributed by atoms with Gasteiger partial charge in [-0.3, -0.25) is 9.59 Å². The molecule has 0 aromatic carbocycles. The predicted octanol–water partition coefficient (Wildman–Crippen LogP) is -0.0884. The Morgan fingerprint density at radius 1 is 1.44 bits per heavy atom. The molecule has 0 aromatic heterocycles. The number of hydrogen-bond donors (Lipinski definition) is 2. The van der Waals surface area contributed by atoms with E-state index in [-0.39, 0.29) is 25.1 Å². The van der Waals surface area contributed by atoms with Gasteiger partial charge in [-0.2, -0.15) is 0 Å². The third-order valence-corrected chi connectivity index (χ3v) is 2.98. The highest BCUT2D eigenvalue weighted by atomic mass is 16.5. The molecule has 0 aliphatic carbocycles. The summed E-state index contributed by atoms with van der Waals surface area (Å²) in [5, 5.41) is 11.2. The van der Waals surface area contributed by atoms with Crippen molar-refractivity contribution in [1.82, 2.24) is 10.2 Å². The number of carbonyl (C=O) groups excluding carboxylic acids is 2. The van der Waals surface area contributed by atoms with Gasteiger partial charge in [0.15, 0.2) is 0 Å². The number of carboxylic acids is 1. The number of nitrogens with one attached hydrogen (secondary N) is 1. The number of carbonyl (C=O) groups is 3. The van der Waals surface area contributed by atoms with Crippen LogP contribution in [-0.4, -0.2) is 54.2 Å². The maximum atomic E-state index is 11.5. The minimum atomic E-state index is -0.855. The summed E-state index contributed by atoms with van der Waals surface area (Å²) in [6.45, 7) is 4.23. The van der Waals surface area contributed by atoms with Crippen molar-refractivity contribution in [2.24, 2.45) is 11.8 Å². The minimum Gasteiger partial charge on any atom is -0.481 e. The third-order valence-electron chi connectivity index (χ3n) is 2.98. The van der Waals surface area contributed by atoms with Gasteiger partial charge in [-0.1, -0.05) is 6.92 Å². The van der Waals surface area contributed by atoms with Gasteiger partial charge in [0, 0.05) is 19.0 Å². The van der Waals surface area contributed by atoms with Crippen LogP contribution in [0.25, 0.3) is 0 Å². The van der Waals surface area contributed by atoms with Gasteiger partial charge in [0.25, 0.3) is 0 Å². The van der Waals surface area contributed by atoms with E-state index in [0.29, 0.717) is 13.1 Å². The van der Waals surface area contributed by atoms with E-state index in [2.05, 4.69) is 10.1 Å². The zero-order valence-electron chi connectivity index (χ0n) is 10.5. The molecule has 2 N–H and O–H groups in total. The van der Waals surface area contributed by atoms with Gasteiger partial charge in [0.2, 0.25) is 0 Å². The van der Waals surface area contributed by atoms with Crippen molar-refractivity contribution in [3.63, 3.8) is 0 Å². The zero-order valence-corrected chi connectivity index (χ0v) is 10.5. The first-order chi connectivity index (χ1) is 8.45. The number of rotatable bonds is 5. The Balaban J connectivity index is 2.23. The van der Waals surface area contributed by atoms with Gasteiger partial charge in [-0.15, -0.1) is 0 Å². The third kappa shape index (κ3) is 3.61. The molecule has 1 saturated heterocycles. The van der Waals surface area contributed by atoms with E-state index in [9.17, 15) is 14.4 Å². The van der Waals surface area contributed by atoms with Crippen molar-refractivity contribution < 1.29 is 24.2 Å². The van der Waals surface area contributed by atoms with Crippen LogP contribution in [0.4, 0.5) is 4.79 Å². The Hall–Kier alpha value is -1.79. The van der Waals surface area contributed by atoms with Crippen molar-refractivity contribution in [3.8, 4) is 0 Å². The smallest absolute Gasteiger partial charge is 0.325 e. The lowest BCUT2D eigenvalue weighted by atomic mass is 9.87. The number of hydrogen-bond acceptors (Lipinski definition) is 4. The first-order valence-corrected chi connectivity index (χ1v) is 5.86. The number of ether oxygens (including phenoxy) is 1. The van der Waals surface area contributed by atoms with Crippen molar-refractivity contribution >= 4 is 18.0 Å². The van der Waals surface area contributed by atoms with E-state index in [4.69, 9.17) is 5.11 Å². The van der Waals surface area contributed by atoms with Crippen LogP contribution in [0.5, 0.6) is 0 Å². The predicted molar refractivity (Wildman–Crippen MR) is 61.9 cm³/mol. The molecule has 1 fully saturated rings. The number of esters is 1. The Labute approximate surface area is 105 Å². The summed E-state index contributed by atoms with van der Waals surface area (Å²) in [6.07, 6.45) is 0. The summed E-state index contributed by atoms with van der Waals surface area (Å²) in [4.78, 5) is 34.7. The second-order valence-corrected chi connectivity index (χ2v) is 4.26. The van der Waals surface area contributed by atoms with E-state index in [0.717, 1.165) is 0 Å². The topological polar surface area (TPSA) is 95.9 Å². The monoisotopic (exact) mass is 258 g/mol. The van der Waals surface area contributed by atoms with Crippen LogP contribution >= 0.6 is 0 Å². The SMILES string of the molecule is CCOC(=O)CNC(=O)N1CC(C(C)C(=O)O)C1. The summed E-state index contributed by atoms with van der Waals surface area (Å²) in [5.74, 6) is -1.82. The zero-order chi connectivity index (χ0) is 13.7. The fourth-order valence-corrected chi connectivity index (χ4v) is 1.67. The molecule has 1 atom stereocenters. The molecule has 2 amide bonds. The van der Waals surface area contributed by atoms with Crippen molar-refractivity contribution in [1.29, 1.82) is 0 Å². The van der Waals surface area contributed by atoms with Crippen molar-refractivity contribution in [2.45, 2.75) is 13.8 Å². The molecule has 0 aromatic rings. The molecule has 1 unspecified atom stereocenters. The fourth-order valence-electron chi connectivity index (χ4n) is 1.67. The van der Waals surface area contributed by atoms with Gasteiger partial charge in [-0.25, -0.2) is 4.79 Å². The minimum absolute atomic E-state index is 0.0177. The van der Waals surface area contributed by atoms with E-state index in [1.165, 1.54) is 4.90 Å². The number of nitrogens with zero attached hydrogens (tertiary/aromatic N) is 1. The van der Waals surface area contributed by atoms with Gasteiger partial charge >= 0.3 is 18.0 Å². The molecule has 7 nitrogen and oxygen atoms in total. The van der Waals surface area contributed by atoms with E-state index < -0.39 is 17.9 Å². The molecule has 0 spiro atoms. The number of amides is 2. The Morgan fingerprint density at radius 2 is 2.06 bits per heavy atom. The maximum absolute atomic E-state index is 11.5. The molecule has 1 aliphatic heterocycles. The number of likely N-dealkylation sites (tertiary alicyclic amines) is 1. The fraction of sp³-hybridized carbons (Fsp3) is 0.727. The van der Waals surface area contributed by atoms with Crippen LogP contribution in [0.2, 0.25) is 0 Å². The molecule has 102 valence electrons. The quantitative estimate of drug-likeness (QED) is 0.672. The normalized spacial score (nSPS) is 16.7. The van der Waals surface area contributed by atoms with E-state index >= 15 is 0 Å². The van der Waals surface area contributed by atoms with Crippen LogP contribution in [0.15, 0.2) is 0 Å². The van der Waals surface area contributed by atoms with E-state index in [1.807, 2.05) is 0 Å². The summed E-state index contributed by atoms with van der Waals surface area (Å²) in [7, 11) is 0. The number of carboxylic acid groups (broad SMARTS) is 1. The Bertz CT molecular complexity index is 338. The molecule has 0 radical (unpaired) electrons. The molecule has 7 heteroatoms.